The Morgan fingerprint density at radius 1 is 0.286 bits per heavy atom. The summed E-state index contributed by atoms with van der Waals surface area (Å²) >= 11 is 0. The Bertz CT molecular complexity index is 3150. The highest BCUT2D eigenvalue weighted by Crippen LogP contribution is 2.40. The van der Waals surface area contributed by atoms with Crippen molar-refractivity contribution in [2.45, 2.75) is 405 Å². The van der Waals surface area contributed by atoms with Crippen LogP contribution in [0.3, 0.4) is 0 Å². The standard InChI is InChI=1S/C17H26.C17H28.C16H24.C15H24.C14H24Si.C12H18.6CH4/c1-13-10-11-15(12-16(13)17(2,3)4)14-8-6-5-7-9-14;1-8-17(7,9-2)14-11-10-13(3)15(12-14)16(4,5)6;1-12-9-10-14(13-7-5-6-8-13)11-15(12)16(2,3)4;1-11-8-9-12(14(2,3)4)10-13(11)15(5,6)7;1-11-8-9-12(15(5,6)7)10-13(11)14(2,3)4;1-9-6-7-10(2)11(8-9)12(3,4)5;;;;;;/h10-12,14H,5-9H2,1-4H3;10-12H,8-9H2,1-7H3;9-11,13H,5-8H2,1-4H3;2*8-10H,1-7H3;6-8H,1-5H3;6*1H4. The van der Waals surface area contributed by atoms with E-state index >= 15 is 0 Å². The van der Waals surface area contributed by atoms with Gasteiger partial charge >= 0.3 is 0 Å². The van der Waals surface area contributed by atoms with E-state index in [0.717, 1.165) is 11.8 Å². The van der Waals surface area contributed by atoms with E-state index in [9.17, 15) is 0 Å². The molecule has 0 spiro atoms. The van der Waals surface area contributed by atoms with Crippen molar-refractivity contribution in [3.05, 3.63) is 204 Å². The van der Waals surface area contributed by atoms with E-state index < -0.39 is 8.07 Å². The Morgan fingerprint density at radius 2 is 0.541 bits per heavy atom. The summed E-state index contributed by atoms with van der Waals surface area (Å²) in [6.45, 7) is 77.7. The fourth-order valence-electron chi connectivity index (χ4n) is 13.9. The molecule has 0 aromatic heterocycles. The molecule has 0 bridgehead atoms. The molecule has 0 saturated heterocycles. The fourth-order valence-corrected chi connectivity index (χ4v) is 15.1. The van der Waals surface area contributed by atoms with Gasteiger partial charge in [0.2, 0.25) is 0 Å². The molecule has 0 radical (unpaired) electrons. The van der Waals surface area contributed by atoms with Crippen LogP contribution in [0.1, 0.15) is 388 Å². The van der Waals surface area contributed by atoms with Crippen LogP contribution in [0.4, 0.5) is 0 Å². The molecule has 0 amide bonds. The minimum absolute atomic E-state index is 0. The minimum Gasteiger partial charge on any atom is -0.0776 e. The molecular weight excluding hydrogens is 1190 g/mol. The van der Waals surface area contributed by atoms with Gasteiger partial charge in [0.15, 0.2) is 0 Å². The molecule has 0 unspecified atom stereocenters. The van der Waals surface area contributed by atoms with Gasteiger partial charge in [0, 0.05) is 0 Å². The van der Waals surface area contributed by atoms with Gasteiger partial charge in [0.25, 0.3) is 0 Å². The summed E-state index contributed by atoms with van der Waals surface area (Å²) in [5.74, 6) is 1.66. The molecule has 1 heteroatoms. The second kappa shape index (κ2) is 40.4. The Labute approximate surface area is 617 Å². The summed E-state index contributed by atoms with van der Waals surface area (Å²) in [6.07, 6.45) is 15.1. The first-order valence-corrected chi connectivity index (χ1v) is 40.0. The third kappa shape index (κ3) is 30.6. The molecule has 2 saturated carbocycles. The first-order chi connectivity index (χ1) is 41.9. The SMILES string of the molecule is C.C.C.C.C.C.CCC(C)(CC)c1ccc(C)c(C(C)(C)C)c1.Cc1ccc(C(C)(C)C)cc1C(C)(C)C.Cc1ccc(C)c(C(C)(C)C)c1.Cc1ccc(C2CCCC2)cc1C(C)(C)C.Cc1ccc(C2CCCCC2)cc1C(C)(C)C.Cc1ccc([Si](C)(C)C)cc1C(C)(C)C. The zero-order valence-electron chi connectivity index (χ0n) is 66.8. The number of benzene rings is 6. The van der Waals surface area contributed by atoms with E-state index in [-0.39, 0.29) is 82.5 Å². The van der Waals surface area contributed by atoms with Crippen molar-refractivity contribution < 1.29 is 0 Å². The molecule has 0 N–H and O–H groups in total. The van der Waals surface area contributed by atoms with Crippen LogP contribution in [-0.2, 0) is 43.3 Å². The minimum atomic E-state index is -1.17. The normalized spacial score (nSPS) is 13.8. The highest BCUT2D eigenvalue weighted by molar-refractivity contribution is 6.88. The highest BCUT2D eigenvalue weighted by Gasteiger charge is 2.28. The molecule has 6 aromatic rings. The summed E-state index contributed by atoms with van der Waals surface area (Å²) in [5, 5.41) is 1.57. The topological polar surface area (TPSA) is 0 Å². The van der Waals surface area contributed by atoms with Crippen molar-refractivity contribution in [2.24, 2.45) is 0 Å². The Morgan fingerprint density at radius 3 is 0.837 bits per heavy atom. The van der Waals surface area contributed by atoms with Crippen LogP contribution in [0.25, 0.3) is 0 Å². The molecule has 98 heavy (non-hydrogen) atoms. The van der Waals surface area contributed by atoms with Gasteiger partial charge < -0.3 is 0 Å². The molecule has 8 rings (SSSR count). The van der Waals surface area contributed by atoms with Crippen LogP contribution in [0.15, 0.2) is 109 Å². The summed E-state index contributed by atoms with van der Waals surface area (Å²) in [5.41, 5.74) is 27.1. The predicted molar refractivity (Wildman–Crippen MR) is 461 cm³/mol. The summed E-state index contributed by atoms with van der Waals surface area (Å²) in [7, 11) is -1.17. The van der Waals surface area contributed by atoms with Crippen molar-refractivity contribution in [1.82, 2.24) is 0 Å². The van der Waals surface area contributed by atoms with Gasteiger partial charge in [0.1, 0.15) is 0 Å². The lowest BCUT2D eigenvalue weighted by Crippen LogP contribution is -2.38. The molecule has 0 nitrogen and oxygen atoms in total. The third-order valence-corrected chi connectivity index (χ3v) is 22.4. The Hall–Kier alpha value is -4.46. The van der Waals surface area contributed by atoms with Crippen LogP contribution in [0, 0.1) is 48.5 Å². The molecular formula is C97H168Si. The Balaban J connectivity index is -0.000000536. The smallest absolute Gasteiger partial charge is 0.0776 e. The molecule has 2 fully saturated rings. The average molecular weight is 1360 g/mol. The predicted octanol–water partition coefficient (Wildman–Crippen LogP) is 31.5. The molecule has 0 aliphatic heterocycles. The van der Waals surface area contributed by atoms with E-state index in [1.165, 1.54) is 154 Å². The molecule has 0 heterocycles. The average Bonchev–Trinajstić information content (AvgIpc) is 0.969. The highest BCUT2D eigenvalue weighted by atomic mass is 28.3. The monoisotopic (exact) mass is 1360 g/mol. The van der Waals surface area contributed by atoms with Crippen LogP contribution >= 0.6 is 0 Å². The maximum absolute atomic E-state index is 2.48. The zero-order valence-corrected chi connectivity index (χ0v) is 67.8. The van der Waals surface area contributed by atoms with Gasteiger partial charge in [-0.1, -0.05) is 382 Å². The number of rotatable bonds is 6. The lowest BCUT2D eigenvalue weighted by Gasteiger charge is -2.30. The largest absolute Gasteiger partial charge is 0.0776 e. The molecule has 0 atom stereocenters. The van der Waals surface area contributed by atoms with Gasteiger partial charge in [-0.25, -0.2) is 0 Å². The molecule has 2 aliphatic rings. The van der Waals surface area contributed by atoms with Crippen molar-refractivity contribution in [1.29, 1.82) is 0 Å². The van der Waals surface area contributed by atoms with Crippen LogP contribution in [0.2, 0.25) is 19.6 Å². The molecule has 2 aliphatic carbocycles. The second-order valence-corrected chi connectivity index (χ2v) is 42.2. The van der Waals surface area contributed by atoms with Gasteiger partial charge in [0.05, 0.1) is 8.07 Å². The van der Waals surface area contributed by atoms with Crippen LogP contribution in [-0.4, -0.2) is 8.07 Å². The molecule has 560 valence electrons. The van der Waals surface area contributed by atoms with Crippen molar-refractivity contribution >= 4 is 13.3 Å². The molecule has 6 aromatic carbocycles. The van der Waals surface area contributed by atoms with E-state index in [1.54, 1.807) is 16.3 Å². The fraction of sp³-hybridized carbons (Fsp3) is 0.629. The van der Waals surface area contributed by atoms with Crippen molar-refractivity contribution in [3.63, 3.8) is 0 Å². The van der Waals surface area contributed by atoms with Crippen LogP contribution < -0.4 is 5.19 Å². The summed E-state index contributed by atoms with van der Waals surface area (Å²) in [4.78, 5) is 0. The first kappa shape index (κ1) is 99.9. The van der Waals surface area contributed by atoms with Crippen molar-refractivity contribution in [3.8, 4) is 0 Å². The van der Waals surface area contributed by atoms with Gasteiger partial charge in [-0.3, -0.25) is 0 Å². The van der Waals surface area contributed by atoms with E-state index in [2.05, 4.69) is 343 Å². The number of aryl methyl sites for hydroxylation is 7. The second-order valence-electron chi connectivity index (χ2n) is 37.1. The maximum Gasteiger partial charge on any atom is 0.0776 e. The van der Waals surface area contributed by atoms with Gasteiger partial charge in [-0.2, -0.15) is 0 Å². The third-order valence-electron chi connectivity index (χ3n) is 20.4. The van der Waals surface area contributed by atoms with Crippen molar-refractivity contribution in [2.75, 3.05) is 0 Å². The first-order valence-electron chi connectivity index (χ1n) is 36.5. The quantitative estimate of drug-likeness (QED) is 0.146. The van der Waals surface area contributed by atoms with Gasteiger partial charge in [-0.15, -0.1) is 0 Å². The Kier molecular flexibility index (Phi) is 41.2. The van der Waals surface area contributed by atoms with Crippen LogP contribution in [0.5, 0.6) is 0 Å². The van der Waals surface area contributed by atoms with E-state index in [0.29, 0.717) is 5.41 Å². The number of hydrogen-bond acceptors (Lipinski definition) is 0. The van der Waals surface area contributed by atoms with Gasteiger partial charge in [-0.05, 0) is 231 Å². The summed E-state index contributed by atoms with van der Waals surface area (Å²) < 4.78 is 0. The lowest BCUT2D eigenvalue weighted by molar-refractivity contribution is 0.437. The zero-order chi connectivity index (χ0) is 70.6. The maximum atomic E-state index is 2.48. The lowest BCUT2D eigenvalue weighted by atomic mass is 9.74. The number of hydrogen-bond donors (Lipinski definition) is 0. The summed E-state index contributed by atoms with van der Waals surface area (Å²) in [6, 6.07) is 41.9. The van der Waals surface area contributed by atoms with E-state index in [4.69, 9.17) is 0 Å². The van der Waals surface area contributed by atoms with E-state index in [1.807, 2.05) is 0 Å².